The Morgan fingerprint density at radius 2 is 2.14 bits per heavy atom. The highest BCUT2D eigenvalue weighted by atomic mass is 79.9. The molecule has 0 radical (unpaired) electrons. The maximum atomic E-state index is 11.9. The van der Waals surface area contributed by atoms with Crippen LogP contribution in [0.15, 0.2) is 27.4 Å². The molecule has 14 heavy (non-hydrogen) atoms. The van der Waals surface area contributed by atoms with Crippen LogP contribution in [0.25, 0.3) is 0 Å². The van der Waals surface area contributed by atoms with Gasteiger partial charge >= 0.3 is 0 Å². The van der Waals surface area contributed by atoms with Crippen molar-refractivity contribution in [3.05, 3.63) is 42.7 Å². The SMILES string of the molecule is Cc1ccc(C(=O)c2ccsc2Br)s1. The van der Waals surface area contributed by atoms with E-state index in [9.17, 15) is 4.79 Å². The monoisotopic (exact) mass is 286 g/mol. The van der Waals surface area contributed by atoms with Crippen molar-refractivity contribution < 1.29 is 4.79 Å². The Morgan fingerprint density at radius 1 is 1.36 bits per heavy atom. The van der Waals surface area contributed by atoms with Crippen molar-refractivity contribution in [2.45, 2.75) is 6.92 Å². The minimum absolute atomic E-state index is 0.108. The molecule has 0 aliphatic heterocycles. The van der Waals surface area contributed by atoms with Gasteiger partial charge in [-0.1, -0.05) is 0 Å². The molecule has 2 rings (SSSR count). The van der Waals surface area contributed by atoms with Crippen LogP contribution in [0.2, 0.25) is 0 Å². The third kappa shape index (κ3) is 1.82. The predicted octanol–water partition coefficient (Wildman–Crippen LogP) is 4.11. The van der Waals surface area contributed by atoms with Gasteiger partial charge in [0.1, 0.15) is 0 Å². The standard InChI is InChI=1S/C10H7BrOS2/c1-6-2-3-8(14-6)9(12)7-4-5-13-10(7)11/h2-5H,1H3. The van der Waals surface area contributed by atoms with Crippen LogP contribution in [0, 0.1) is 6.92 Å². The van der Waals surface area contributed by atoms with Crippen molar-refractivity contribution in [2.75, 3.05) is 0 Å². The summed E-state index contributed by atoms with van der Waals surface area (Å²) in [6.07, 6.45) is 0. The van der Waals surface area contributed by atoms with Gasteiger partial charge in [0.15, 0.2) is 0 Å². The van der Waals surface area contributed by atoms with Crippen LogP contribution < -0.4 is 0 Å². The molecular formula is C10H7BrOS2. The van der Waals surface area contributed by atoms with Gasteiger partial charge in [0, 0.05) is 10.4 Å². The zero-order valence-electron chi connectivity index (χ0n) is 7.41. The topological polar surface area (TPSA) is 17.1 Å². The molecule has 0 fully saturated rings. The maximum absolute atomic E-state index is 11.9. The van der Waals surface area contributed by atoms with Crippen molar-refractivity contribution in [3.63, 3.8) is 0 Å². The highest BCUT2D eigenvalue weighted by Crippen LogP contribution is 2.27. The fourth-order valence-electron chi connectivity index (χ4n) is 1.15. The summed E-state index contributed by atoms with van der Waals surface area (Å²) in [6.45, 7) is 2.00. The molecule has 0 N–H and O–H groups in total. The third-order valence-electron chi connectivity index (χ3n) is 1.83. The number of aryl methyl sites for hydroxylation is 1. The number of carbonyl (C=O) groups is 1. The first-order valence-corrected chi connectivity index (χ1v) is 6.51. The van der Waals surface area contributed by atoms with Crippen LogP contribution in [0.4, 0.5) is 0 Å². The van der Waals surface area contributed by atoms with Crippen LogP contribution in [0.3, 0.4) is 0 Å². The Balaban J connectivity index is 2.38. The van der Waals surface area contributed by atoms with Crippen LogP contribution in [0.1, 0.15) is 20.1 Å². The van der Waals surface area contributed by atoms with Gasteiger partial charge in [-0.2, -0.15) is 0 Å². The summed E-state index contributed by atoms with van der Waals surface area (Å²) in [5.74, 6) is 0.108. The van der Waals surface area contributed by atoms with Gasteiger partial charge in [0.2, 0.25) is 5.78 Å². The highest BCUT2D eigenvalue weighted by molar-refractivity contribution is 9.11. The predicted molar refractivity (Wildman–Crippen MR) is 64.5 cm³/mol. The molecule has 0 amide bonds. The molecule has 2 heterocycles. The Morgan fingerprint density at radius 3 is 2.64 bits per heavy atom. The molecule has 0 saturated heterocycles. The number of rotatable bonds is 2. The van der Waals surface area contributed by atoms with Gasteiger partial charge in [0.25, 0.3) is 0 Å². The van der Waals surface area contributed by atoms with Gasteiger partial charge in [-0.25, -0.2) is 0 Å². The van der Waals surface area contributed by atoms with Gasteiger partial charge < -0.3 is 0 Å². The van der Waals surface area contributed by atoms with E-state index in [1.54, 1.807) is 0 Å². The first kappa shape index (κ1) is 10.1. The lowest BCUT2D eigenvalue weighted by Crippen LogP contribution is -1.96. The summed E-state index contributed by atoms with van der Waals surface area (Å²) in [4.78, 5) is 13.9. The Kier molecular flexibility index (Phi) is 2.85. The minimum atomic E-state index is 0.108. The number of carbonyl (C=O) groups excluding carboxylic acids is 1. The van der Waals surface area contributed by atoms with Crippen LogP contribution in [0.5, 0.6) is 0 Å². The van der Waals surface area contributed by atoms with Gasteiger partial charge in [-0.3, -0.25) is 4.79 Å². The summed E-state index contributed by atoms with van der Waals surface area (Å²) in [7, 11) is 0. The fraction of sp³-hybridized carbons (Fsp3) is 0.100. The summed E-state index contributed by atoms with van der Waals surface area (Å²) in [6, 6.07) is 5.71. The molecule has 0 aliphatic carbocycles. The fourth-order valence-corrected chi connectivity index (χ4v) is 3.21. The molecule has 2 aromatic heterocycles. The van der Waals surface area contributed by atoms with E-state index in [2.05, 4.69) is 15.9 Å². The number of hydrogen-bond donors (Lipinski definition) is 0. The molecule has 2 aromatic rings. The van der Waals surface area contributed by atoms with Crippen LogP contribution >= 0.6 is 38.6 Å². The van der Waals surface area contributed by atoms with Crippen LogP contribution in [-0.4, -0.2) is 5.78 Å². The van der Waals surface area contributed by atoms with E-state index in [0.717, 1.165) is 14.2 Å². The normalized spacial score (nSPS) is 10.4. The number of halogens is 1. The molecule has 0 aromatic carbocycles. The molecule has 0 spiro atoms. The van der Waals surface area contributed by atoms with Crippen molar-refractivity contribution in [1.82, 2.24) is 0 Å². The van der Waals surface area contributed by atoms with E-state index >= 15 is 0 Å². The lowest BCUT2D eigenvalue weighted by molar-refractivity contribution is 0.104. The van der Waals surface area contributed by atoms with E-state index in [0.29, 0.717) is 0 Å². The summed E-state index contributed by atoms with van der Waals surface area (Å²) >= 11 is 6.44. The second-order valence-corrected chi connectivity index (χ2v) is 6.37. The Labute approximate surface area is 98.5 Å². The lowest BCUT2D eigenvalue weighted by Gasteiger charge is -1.93. The van der Waals surface area contributed by atoms with Crippen LogP contribution in [-0.2, 0) is 0 Å². The lowest BCUT2D eigenvalue weighted by atomic mass is 10.2. The van der Waals surface area contributed by atoms with Gasteiger partial charge in [-0.15, -0.1) is 22.7 Å². The molecule has 72 valence electrons. The maximum Gasteiger partial charge on any atom is 0.204 e. The molecular weight excluding hydrogens is 280 g/mol. The molecule has 0 atom stereocenters. The molecule has 0 unspecified atom stereocenters. The highest BCUT2D eigenvalue weighted by Gasteiger charge is 2.14. The quantitative estimate of drug-likeness (QED) is 0.760. The molecule has 0 saturated carbocycles. The third-order valence-corrected chi connectivity index (χ3v) is 4.51. The van der Waals surface area contributed by atoms with E-state index < -0.39 is 0 Å². The first-order chi connectivity index (χ1) is 6.68. The van der Waals surface area contributed by atoms with Crippen molar-refractivity contribution in [2.24, 2.45) is 0 Å². The summed E-state index contributed by atoms with van der Waals surface area (Å²) < 4.78 is 0.911. The van der Waals surface area contributed by atoms with Crippen molar-refractivity contribution in [3.8, 4) is 0 Å². The average molecular weight is 287 g/mol. The molecule has 0 aliphatic rings. The second-order valence-electron chi connectivity index (χ2n) is 2.85. The van der Waals surface area contributed by atoms with Gasteiger partial charge in [0.05, 0.1) is 8.66 Å². The Bertz CT molecular complexity index is 470. The number of hydrogen-bond acceptors (Lipinski definition) is 3. The first-order valence-electron chi connectivity index (χ1n) is 4.02. The van der Waals surface area contributed by atoms with E-state index in [1.807, 2.05) is 30.5 Å². The second kappa shape index (κ2) is 3.96. The largest absolute Gasteiger partial charge is 0.288 e. The zero-order chi connectivity index (χ0) is 10.1. The van der Waals surface area contributed by atoms with E-state index in [4.69, 9.17) is 0 Å². The summed E-state index contributed by atoms with van der Waals surface area (Å²) in [5.41, 5.74) is 0.761. The van der Waals surface area contributed by atoms with Crippen molar-refractivity contribution >= 4 is 44.4 Å². The Hall–Kier alpha value is -0.450. The van der Waals surface area contributed by atoms with E-state index in [1.165, 1.54) is 27.6 Å². The minimum Gasteiger partial charge on any atom is -0.288 e. The smallest absolute Gasteiger partial charge is 0.204 e. The number of thiophene rings is 2. The summed E-state index contributed by atoms with van der Waals surface area (Å²) in [5, 5.41) is 1.91. The van der Waals surface area contributed by atoms with Gasteiger partial charge in [-0.05, 0) is 46.4 Å². The van der Waals surface area contributed by atoms with E-state index in [-0.39, 0.29) is 5.78 Å². The molecule has 0 bridgehead atoms. The van der Waals surface area contributed by atoms with Crippen molar-refractivity contribution in [1.29, 1.82) is 0 Å². The zero-order valence-corrected chi connectivity index (χ0v) is 10.6. The average Bonchev–Trinajstić information content (AvgIpc) is 2.73. The number of ketones is 1. The molecule has 1 nitrogen and oxygen atoms in total. The molecule has 4 heteroatoms.